The van der Waals surface area contributed by atoms with Crippen LogP contribution < -0.4 is 14.8 Å². The maximum Gasteiger partial charge on any atom is 0.266 e. The average Bonchev–Trinajstić information content (AvgIpc) is 3.02. The number of hydrogen-bond donors (Lipinski definition) is 1. The molecule has 1 unspecified atom stereocenters. The SMILES string of the molecule is COc1cccc(OC(C)C(=O)Nc2nc(-c3ccc(F)cc3)c(C)s2)c1. The minimum Gasteiger partial charge on any atom is -0.497 e. The number of hydrogen-bond acceptors (Lipinski definition) is 5. The van der Waals surface area contributed by atoms with E-state index in [0.29, 0.717) is 16.6 Å². The molecule has 1 N–H and O–H groups in total. The van der Waals surface area contributed by atoms with Crippen LogP contribution in [0.25, 0.3) is 11.3 Å². The molecule has 0 aliphatic carbocycles. The first-order chi connectivity index (χ1) is 13.0. The van der Waals surface area contributed by atoms with Crippen LogP contribution in [-0.4, -0.2) is 24.1 Å². The Balaban J connectivity index is 1.68. The van der Waals surface area contributed by atoms with Crippen LogP contribution in [0.15, 0.2) is 48.5 Å². The second-order valence-electron chi connectivity index (χ2n) is 5.86. The van der Waals surface area contributed by atoms with Crippen LogP contribution in [0.3, 0.4) is 0 Å². The number of aryl methyl sites for hydroxylation is 1. The van der Waals surface area contributed by atoms with Crippen LogP contribution >= 0.6 is 11.3 Å². The fourth-order valence-electron chi connectivity index (χ4n) is 2.46. The molecule has 27 heavy (non-hydrogen) atoms. The second-order valence-corrected chi connectivity index (χ2v) is 7.06. The lowest BCUT2D eigenvalue weighted by Gasteiger charge is -2.14. The summed E-state index contributed by atoms with van der Waals surface area (Å²) in [5, 5.41) is 3.24. The van der Waals surface area contributed by atoms with Gasteiger partial charge in [-0.3, -0.25) is 10.1 Å². The van der Waals surface area contributed by atoms with Gasteiger partial charge in [0.2, 0.25) is 0 Å². The highest BCUT2D eigenvalue weighted by Crippen LogP contribution is 2.30. The number of amides is 1. The molecule has 0 bridgehead atoms. The van der Waals surface area contributed by atoms with Crippen molar-refractivity contribution in [2.24, 2.45) is 0 Å². The highest BCUT2D eigenvalue weighted by Gasteiger charge is 2.18. The van der Waals surface area contributed by atoms with Gasteiger partial charge in [-0.15, -0.1) is 11.3 Å². The van der Waals surface area contributed by atoms with Crippen LogP contribution in [0.4, 0.5) is 9.52 Å². The lowest BCUT2D eigenvalue weighted by molar-refractivity contribution is -0.122. The summed E-state index contributed by atoms with van der Waals surface area (Å²) >= 11 is 1.36. The van der Waals surface area contributed by atoms with Crippen molar-refractivity contribution in [1.29, 1.82) is 0 Å². The smallest absolute Gasteiger partial charge is 0.266 e. The quantitative estimate of drug-likeness (QED) is 0.669. The first kappa shape index (κ1) is 18.8. The molecule has 1 heterocycles. The van der Waals surface area contributed by atoms with E-state index < -0.39 is 6.10 Å². The van der Waals surface area contributed by atoms with Gasteiger partial charge in [-0.25, -0.2) is 9.37 Å². The lowest BCUT2D eigenvalue weighted by Crippen LogP contribution is -2.30. The topological polar surface area (TPSA) is 60.5 Å². The van der Waals surface area contributed by atoms with Gasteiger partial charge in [0, 0.05) is 16.5 Å². The summed E-state index contributed by atoms with van der Waals surface area (Å²) in [7, 11) is 1.57. The molecule has 0 saturated heterocycles. The molecule has 0 aliphatic rings. The molecule has 3 rings (SSSR count). The number of aromatic nitrogens is 1. The lowest BCUT2D eigenvalue weighted by atomic mass is 10.1. The highest BCUT2D eigenvalue weighted by atomic mass is 32.1. The number of carbonyl (C=O) groups excluding carboxylic acids is 1. The van der Waals surface area contributed by atoms with Gasteiger partial charge in [0.05, 0.1) is 12.8 Å². The zero-order valence-electron chi connectivity index (χ0n) is 15.2. The van der Waals surface area contributed by atoms with E-state index >= 15 is 0 Å². The number of rotatable bonds is 6. The maximum atomic E-state index is 13.1. The van der Waals surface area contributed by atoms with Crippen molar-refractivity contribution in [3.8, 4) is 22.8 Å². The van der Waals surface area contributed by atoms with Gasteiger partial charge in [0.25, 0.3) is 5.91 Å². The number of anilines is 1. The van der Waals surface area contributed by atoms with Crippen LogP contribution in [0.5, 0.6) is 11.5 Å². The Morgan fingerprint density at radius 2 is 1.89 bits per heavy atom. The Labute approximate surface area is 160 Å². The molecule has 0 radical (unpaired) electrons. The number of ether oxygens (including phenoxy) is 2. The van der Waals surface area contributed by atoms with E-state index in [1.807, 2.05) is 6.92 Å². The normalized spacial score (nSPS) is 11.7. The largest absolute Gasteiger partial charge is 0.497 e. The molecule has 0 aliphatic heterocycles. The Hall–Kier alpha value is -2.93. The van der Waals surface area contributed by atoms with Crippen molar-refractivity contribution in [1.82, 2.24) is 4.98 Å². The van der Waals surface area contributed by atoms with Gasteiger partial charge in [0.1, 0.15) is 17.3 Å². The summed E-state index contributed by atoms with van der Waals surface area (Å²) in [6.45, 7) is 3.57. The minimum atomic E-state index is -0.712. The molecule has 0 saturated carbocycles. The summed E-state index contributed by atoms with van der Waals surface area (Å²) in [5.74, 6) is 0.583. The third-order valence-corrected chi connectivity index (χ3v) is 4.75. The summed E-state index contributed by atoms with van der Waals surface area (Å²) in [6, 6.07) is 13.2. The maximum absolute atomic E-state index is 13.1. The third kappa shape index (κ3) is 4.62. The first-order valence-corrected chi connectivity index (χ1v) is 9.13. The number of nitrogens with zero attached hydrogens (tertiary/aromatic N) is 1. The predicted octanol–water partition coefficient (Wildman–Crippen LogP) is 4.67. The monoisotopic (exact) mass is 386 g/mol. The van der Waals surface area contributed by atoms with E-state index in [9.17, 15) is 9.18 Å². The van der Waals surface area contributed by atoms with Gasteiger partial charge < -0.3 is 9.47 Å². The molecule has 0 fully saturated rings. The molecule has 2 aromatic carbocycles. The molecule has 140 valence electrons. The van der Waals surface area contributed by atoms with E-state index in [1.165, 1.54) is 23.5 Å². The zero-order chi connectivity index (χ0) is 19.4. The average molecular weight is 386 g/mol. The Kier molecular flexibility index (Phi) is 5.71. The fourth-order valence-corrected chi connectivity index (χ4v) is 3.30. The summed E-state index contributed by atoms with van der Waals surface area (Å²) in [4.78, 5) is 17.8. The number of methoxy groups -OCH3 is 1. The van der Waals surface area contributed by atoms with Crippen LogP contribution in [0.1, 0.15) is 11.8 Å². The predicted molar refractivity (Wildman–Crippen MR) is 104 cm³/mol. The zero-order valence-corrected chi connectivity index (χ0v) is 16.0. The number of nitrogens with one attached hydrogen (secondary N) is 1. The van der Waals surface area contributed by atoms with E-state index in [0.717, 1.165) is 16.1 Å². The van der Waals surface area contributed by atoms with Crippen LogP contribution in [0, 0.1) is 12.7 Å². The van der Waals surface area contributed by atoms with Crippen molar-refractivity contribution in [3.05, 3.63) is 59.2 Å². The summed E-state index contributed by atoms with van der Waals surface area (Å²) in [5.41, 5.74) is 1.52. The molecule has 1 aromatic heterocycles. The van der Waals surface area contributed by atoms with Crippen molar-refractivity contribution in [3.63, 3.8) is 0 Å². The van der Waals surface area contributed by atoms with Gasteiger partial charge in [-0.2, -0.15) is 0 Å². The van der Waals surface area contributed by atoms with E-state index in [1.54, 1.807) is 50.4 Å². The summed E-state index contributed by atoms with van der Waals surface area (Å²) < 4.78 is 23.9. The van der Waals surface area contributed by atoms with Gasteiger partial charge in [-0.05, 0) is 50.2 Å². The molecule has 7 heteroatoms. The molecular formula is C20H19FN2O3S. The highest BCUT2D eigenvalue weighted by molar-refractivity contribution is 7.16. The molecule has 1 amide bonds. The second kappa shape index (κ2) is 8.18. The molecule has 1 atom stereocenters. The van der Waals surface area contributed by atoms with Gasteiger partial charge >= 0.3 is 0 Å². The van der Waals surface area contributed by atoms with E-state index in [4.69, 9.17) is 9.47 Å². The standard InChI is InChI=1S/C20H19FN2O3S/c1-12(26-17-6-4-5-16(11-17)25-3)19(24)23-20-22-18(13(2)27-20)14-7-9-15(21)10-8-14/h4-12H,1-3H3,(H,22,23,24). The van der Waals surface area contributed by atoms with Crippen molar-refractivity contribution < 1.29 is 18.7 Å². The molecule has 3 aromatic rings. The van der Waals surface area contributed by atoms with Crippen molar-refractivity contribution in [2.45, 2.75) is 20.0 Å². The fraction of sp³-hybridized carbons (Fsp3) is 0.200. The van der Waals surface area contributed by atoms with Crippen LogP contribution in [0.2, 0.25) is 0 Å². The Morgan fingerprint density at radius 1 is 1.19 bits per heavy atom. The summed E-state index contributed by atoms with van der Waals surface area (Å²) in [6.07, 6.45) is -0.712. The third-order valence-electron chi connectivity index (χ3n) is 3.87. The van der Waals surface area contributed by atoms with Gasteiger partial charge in [-0.1, -0.05) is 6.07 Å². The van der Waals surface area contributed by atoms with E-state index in [2.05, 4.69) is 10.3 Å². The van der Waals surface area contributed by atoms with Crippen molar-refractivity contribution in [2.75, 3.05) is 12.4 Å². The number of halogens is 1. The Bertz CT molecular complexity index is 941. The molecule has 0 spiro atoms. The van der Waals surface area contributed by atoms with E-state index in [-0.39, 0.29) is 11.7 Å². The van der Waals surface area contributed by atoms with Gasteiger partial charge in [0.15, 0.2) is 11.2 Å². The van der Waals surface area contributed by atoms with Crippen molar-refractivity contribution >= 4 is 22.4 Å². The molecule has 5 nitrogen and oxygen atoms in total. The van der Waals surface area contributed by atoms with Crippen LogP contribution in [-0.2, 0) is 4.79 Å². The Morgan fingerprint density at radius 3 is 2.59 bits per heavy atom. The number of carbonyl (C=O) groups is 1. The minimum absolute atomic E-state index is 0.302. The first-order valence-electron chi connectivity index (χ1n) is 8.31. The molecular weight excluding hydrogens is 367 g/mol. The number of thiazole rings is 1. The number of benzene rings is 2.